The van der Waals surface area contributed by atoms with E-state index in [1.54, 1.807) is 17.0 Å². The van der Waals surface area contributed by atoms with E-state index in [1.807, 2.05) is 32.3 Å². The molecule has 1 fully saturated rings. The highest BCUT2D eigenvalue weighted by Crippen LogP contribution is 2.19. The van der Waals surface area contributed by atoms with Crippen LogP contribution < -0.4 is 10.6 Å². The van der Waals surface area contributed by atoms with E-state index in [1.165, 1.54) is 0 Å². The second-order valence-corrected chi connectivity index (χ2v) is 9.15. The predicted octanol–water partition coefficient (Wildman–Crippen LogP) is 1.75. The maximum Gasteiger partial charge on any atom is 0.251 e. The van der Waals surface area contributed by atoms with Gasteiger partial charge in [0.05, 0.1) is 0 Å². The van der Waals surface area contributed by atoms with E-state index in [4.69, 9.17) is 0 Å². The molecule has 0 bridgehead atoms. The monoisotopic (exact) mass is 416 g/mol. The Labute approximate surface area is 180 Å². The van der Waals surface area contributed by atoms with Crippen LogP contribution in [0.4, 0.5) is 0 Å². The van der Waals surface area contributed by atoms with Gasteiger partial charge in [0.15, 0.2) is 0 Å². The SMILES string of the molecule is CN(C)CC(C)(C)CNC(=O)C1CCN(C(=O)CCNC(=O)c2ccccc2)CC1. The third-order valence-corrected chi connectivity index (χ3v) is 5.36. The maximum absolute atomic E-state index is 12.5. The summed E-state index contributed by atoms with van der Waals surface area (Å²) in [5.41, 5.74) is 0.602. The minimum Gasteiger partial charge on any atom is -0.355 e. The van der Waals surface area contributed by atoms with Crippen LogP contribution in [0.25, 0.3) is 0 Å². The Bertz CT molecular complexity index is 710. The van der Waals surface area contributed by atoms with Crippen LogP contribution in [0.3, 0.4) is 0 Å². The fraction of sp³-hybridized carbons (Fsp3) is 0.609. The van der Waals surface area contributed by atoms with E-state index in [9.17, 15) is 14.4 Å². The third kappa shape index (κ3) is 7.78. The molecular formula is C23H36N4O3. The molecule has 3 amide bonds. The first-order chi connectivity index (χ1) is 14.2. The molecule has 0 spiro atoms. The van der Waals surface area contributed by atoms with Crippen molar-refractivity contribution in [2.75, 3.05) is 46.8 Å². The minimum atomic E-state index is -0.170. The molecule has 1 aromatic carbocycles. The summed E-state index contributed by atoms with van der Waals surface area (Å²) in [6.45, 7) is 7.32. The van der Waals surface area contributed by atoms with Gasteiger partial charge in [-0.15, -0.1) is 0 Å². The number of benzene rings is 1. The molecule has 0 aromatic heterocycles. The van der Waals surface area contributed by atoms with Crippen molar-refractivity contribution in [3.8, 4) is 0 Å². The number of rotatable bonds is 9. The number of hydrogen-bond donors (Lipinski definition) is 2. The van der Waals surface area contributed by atoms with Crippen LogP contribution in [-0.4, -0.2) is 74.3 Å². The fourth-order valence-corrected chi connectivity index (χ4v) is 3.91. The van der Waals surface area contributed by atoms with E-state index < -0.39 is 0 Å². The summed E-state index contributed by atoms with van der Waals surface area (Å²) in [7, 11) is 4.06. The van der Waals surface area contributed by atoms with Crippen molar-refractivity contribution < 1.29 is 14.4 Å². The number of likely N-dealkylation sites (tertiary alicyclic amines) is 1. The molecule has 1 aliphatic rings. The van der Waals surface area contributed by atoms with E-state index in [2.05, 4.69) is 29.4 Å². The molecule has 0 radical (unpaired) electrons. The Morgan fingerprint density at radius 3 is 2.30 bits per heavy atom. The van der Waals surface area contributed by atoms with Crippen molar-refractivity contribution in [2.24, 2.45) is 11.3 Å². The molecule has 2 N–H and O–H groups in total. The molecule has 2 rings (SSSR count). The van der Waals surface area contributed by atoms with Gasteiger partial charge in [-0.05, 0) is 44.5 Å². The summed E-state index contributed by atoms with van der Waals surface area (Å²) in [6.07, 6.45) is 1.64. The number of hydrogen-bond acceptors (Lipinski definition) is 4. The normalized spacial score (nSPS) is 15.2. The van der Waals surface area contributed by atoms with Crippen LogP contribution >= 0.6 is 0 Å². The van der Waals surface area contributed by atoms with Crippen molar-refractivity contribution >= 4 is 17.7 Å². The second-order valence-electron chi connectivity index (χ2n) is 9.15. The first-order valence-electron chi connectivity index (χ1n) is 10.7. The Kier molecular flexibility index (Phi) is 8.84. The van der Waals surface area contributed by atoms with Crippen LogP contribution in [0.5, 0.6) is 0 Å². The van der Waals surface area contributed by atoms with Crippen molar-refractivity contribution in [3.63, 3.8) is 0 Å². The van der Waals surface area contributed by atoms with Crippen molar-refractivity contribution in [1.82, 2.24) is 20.4 Å². The quantitative estimate of drug-likeness (QED) is 0.643. The molecule has 0 atom stereocenters. The molecule has 7 nitrogen and oxygen atoms in total. The molecular weight excluding hydrogens is 380 g/mol. The van der Waals surface area contributed by atoms with Crippen molar-refractivity contribution in [2.45, 2.75) is 33.1 Å². The van der Waals surface area contributed by atoms with Gasteiger partial charge in [0.25, 0.3) is 5.91 Å². The lowest BCUT2D eigenvalue weighted by Gasteiger charge is -2.33. The summed E-state index contributed by atoms with van der Waals surface area (Å²) >= 11 is 0. The van der Waals surface area contributed by atoms with Gasteiger partial charge in [0.1, 0.15) is 0 Å². The van der Waals surface area contributed by atoms with Gasteiger partial charge in [-0.3, -0.25) is 14.4 Å². The van der Waals surface area contributed by atoms with Crippen LogP contribution in [0.1, 0.15) is 43.5 Å². The molecule has 166 valence electrons. The molecule has 30 heavy (non-hydrogen) atoms. The zero-order valence-corrected chi connectivity index (χ0v) is 18.7. The molecule has 0 unspecified atom stereocenters. The van der Waals surface area contributed by atoms with Gasteiger partial charge in [0.2, 0.25) is 11.8 Å². The van der Waals surface area contributed by atoms with Gasteiger partial charge in [-0.25, -0.2) is 0 Å². The van der Waals surface area contributed by atoms with Gasteiger partial charge >= 0.3 is 0 Å². The number of nitrogens with zero attached hydrogens (tertiary/aromatic N) is 2. The van der Waals surface area contributed by atoms with Gasteiger partial charge in [-0.2, -0.15) is 0 Å². The topological polar surface area (TPSA) is 81.8 Å². The highest BCUT2D eigenvalue weighted by atomic mass is 16.2. The summed E-state index contributed by atoms with van der Waals surface area (Å²) in [4.78, 5) is 40.9. The Morgan fingerprint density at radius 2 is 1.70 bits per heavy atom. The molecule has 0 aliphatic carbocycles. The number of carbonyl (C=O) groups is 3. The lowest BCUT2D eigenvalue weighted by Crippen LogP contribution is -2.46. The average Bonchev–Trinajstić information content (AvgIpc) is 2.71. The predicted molar refractivity (Wildman–Crippen MR) is 118 cm³/mol. The van der Waals surface area contributed by atoms with E-state index in [0.29, 0.717) is 44.6 Å². The van der Waals surface area contributed by atoms with E-state index >= 15 is 0 Å². The zero-order valence-electron chi connectivity index (χ0n) is 18.7. The summed E-state index contributed by atoms with van der Waals surface area (Å²) in [5.74, 6) is -0.101. The zero-order chi connectivity index (χ0) is 22.1. The number of carbonyl (C=O) groups excluding carboxylic acids is 3. The summed E-state index contributed by atoms with van der Waals surface area (Å²) < 4.78 is 0. The number of piperidine rings is 1. The smallest absolute Gasteiger partial charge is 0.251 e. The largest absolute Gasteiger partial charge is 0.355 e. The van der Waals surface area contributed by atoms with Crippen LogP contribution in [-0.2, 0) is 9.59 Å². The molecule has 1 saturated heterocycles. The second kappa shape index (κ2) is 11.1. The summed E-state index contributed by atoms with van der Waals surface area (Å²) in [5, 5.41) is 5.87. The summed E-state index contributed by atoms with van der Waals surface area (Å²) in [6, 6.07) is 8.96. The van der Waals surface area contributed by atoms with Crippen molar-refractivity contribution in [3.05, 3.63) is 35.9 Å². The van der Waals surface area contributed by atoms with Crippen LogP contribution in [0.2, 0.25) is 0 Å². The number of nitrogens with one attached hydrogen (secondary N) is 2. The highest BCUT2D eigenvalue weighted by molar-refractivity contribution is 5.94. The molecule has 1 aromatic rings. The maximum atomic E-state index is 12.5. The van der Waals surface area contributed by atoms with E-state index in [0.717, 1.165) is 6.54 Å². The van der Waals surface area contributed by atoms with Gasteiger partial charge in [0, 0.05) is 50.6 Å². The first-order valence-corrected chi connectivity index (χ1v) is 10.7. The van der Waals surface area contributed by atoms with Crippen LogP contribution in [0.15, 0.2) is 30.3 Å². The lowest BCUT2D eigenvalue weighted by atomic mass is 9.91. The standard InChI is InChI=1S/C23H36N4O3/c1-23(2,17-26(3)4)16-25-22(30)19-11-14-27(15-12-19)20(28)10-13-24-21(29)18-8-6-5-7-9-18/h5-9,19H,10-17H2,1-4H3,(H,24,29)(H,25,30). The molecule has 7 heteroatoms. The first kappa shape index (κ1) is 23.9. The average molecular weight is 417 g/mol. The number of amides is 3. The van der Waals surface area contributed by atoms with Crippen LogP contribution in [0, 0.1) is 11.3 Å². The van der Waals surface area contributed by atoms with Gasteiger partial charge < -0.3 is 20.4 Å². The Balaban J connectivity index is 1.67. The lowest BCUT2D eigenvalue weighted by molar-refractivity contribution is -0.135. The Morgan fingerprint density at radius 1 is 1.07 bits per heavy atom. The molecule has 0 saturated carbocycles. The van der Waals surface area contributed by atoms with Crippen molar-refractivity contribution in [1.29, 1.82) is 0 Å². The Hall–Kier alpha value is -2.41. The third-order valence-electron chi connectivity index (χ3n) is 5.36. The molecule has 1 aliphatic heterocycles. The molecule has 1 heterocycles. The van der Waals surface area contributed by atoms with E-state index in [-0.39, 0.29) is 35.5 Å². The minimum absolute atomic E-state index is 0.0139. The fourth-order valence-electron chi connectivity index (χ4n) is 3.91. The van der Waals surface area contributed by atoms with Gasteiger partial charge in [-0.1, -0.05) is 32.0 Å². The highest BCUT2D eigenvalue weighted by Gasteiger charge is 2.28.